The van der Waals surface area contributed by atoms with Crippen LogP contribution in [-0.4, -0.2) is 74.8 Å². The Kier molecular flexibility index (Phi) is 5.99. The van der Waals surface area contributed by atoms with Gasteiger partial charge in [0.15, 0.2) is 0 Å². The van der Waals surface area contributed by atoms with Crippen LogP contribution in [0.2, 0.25) is 0 Å². The molecule has 0 unspecified atom stereocenters. The lowest BCUT2D eigenvalue weighted by Gasteiger charge is -2.51. The van der Waals surface area contributed by atoms with Crippen molar-refractivity contribution in [2.45, 2.75) is 56.5 Å². The monoisotopic (exact) mass is 332 g/mol. The van der Waals surface area contributed by atoms with Crippen LogP contribution in [0.1, 0.15) is 26.7 Å². The van der Waals surface area contributed by atoms with Crippen LogP contribution >= 0.6 is 0 Å². The molecule has 8 heteroatoms. The minimum atomic E-state index is -1.16. The third-order valence-corrected chi connectivity index (χ3v) is 4.81. The molecular weight excluding hydrogens is 304 g/mol. The van der Waals surface area contributed by atoms with Crippen molar-refractivity contribution in [1.29, 1.82) is 0 Å². The van der Waals surface area contributed by atoms with Crippen LogP contribution in [0.25, 0.3) is 0 Å². The molecule has 8 nitrogen and oxygen atoms in total. The molecule has 2 saturated heterocycles. The van der Waals surface area contributed by atoms with Gasteiger partial charge in [0, 0.05) is 20.8 Å². The average Bonchev–Trinajstić information content (AvgIpc) is 3.09. The summed E-state index contributed by atoms with van der Waals surface area (Å²) in [6.07, 6.45) is 0.655. The van der Waals surface area contributed by atoms with Gasteiger partial charge in [0.1, 0.15) is 12.2 Å². The first kappa shape index (κ1) is 18.6. The average molecular weight is 332 g/mol. The van der Waals surface area contributed by atoms with Crippen molar-refractivity contribution in [3.05, 3.63) is 0 Å². The van der Waals surface area contributed by atoms with Gasteiger partial charge in [-0.3, -0.25) is 4.79 Å². The van der Waals surface area contributed by atoms with Crippen LogP contribution in [0.15, 0.2) is 0 Å². The molecule has 2 aliphatic heterocycles. The molecule has 3 N–H and O–H groups in total. The smallest absolute Gasteiger partial charge is 0.237 e. The highest BCUT2D eigenvalue weighted by atomic mass is 16.8. The fraction of sp³-hybridized carbons (Fsp3) is 0.933. The molecule has 0 radical (unpaired) electrons. The van der Waals surface area contributed by atoms with E-state index in [2.05, 4.69) is 10.6 Å². The summed E-state index contributed by atoms with van der Waals surface area (Å²) in [4.78, 5) is 12.1. The Morgan fingerprint density at radius 2 is 1.87 bits per heavy atom. The summed E-state index contributed by atoms with van der Waals surface area (Å²) in [5, 5.41) is 15.6. The second kappa shape index (κ2) is 7.42. The number of nitrogens with one attached hydrogen (secondary N) is 2. The van der Waals surface area contributed by atoms with E-state index < -0.39 is 23.8 Å². The number of carbonyl (C=O) groups is 1. The van der Waals surface area contributed by atoms with E-state index in [0.29, 0.717) is 0 Å². The van der Waals surface area contributed by atoms with Crippen LogP contribution in [-0.2, 0) is 23.7 Å². The summed E-state index contributed by atoms with van der Waals surface area (Å²) in [6.45, 7) is 4.23. The number of ether oxygens (including phenoxy) is 4. The fourth-order valence-electron chi connectivity index (χ4n) is 2.97. The van der Waals surface area contributed by atoms with Crippen molar-refractivity contribution in [3.63, 3.8) is 0 Å². The Hall–Kier alpha value is -0.770. The molecule has 0 aromatic heterocycles. The van der Waals surface area contributed by atoms with Crippen molar-refractivity contribution < 1.29 is 28.8 Å². The van der Waals surface area contributed by atoms with Crippen LogP contribution in [0.4, 0.5) is 0 Å². The summed E-state index contributed by atoms with van der Waals surface area (Å²) in [6, 6.07) is -0.162. The molecule has 134 valence electrons. The maximum atomic E-state index is 12.1. The Morgan fingerprint density at radius 1 is 1.26 bits per heavy atom. The second-order valence-electron chi connectivity index (χ2n) is 6.19. The molecule has 0 spiro atoms. The largest absolute Gasteiger partial charge is 0.394 e. The SMILES string of the molecule is CO[C@]1(C)O[C@@H](CNC(=O)[C@@H]2CCCN2)[C@@H](CO)O[C@@]1(C)OC. The van der Waals surface area contributed by atoms with Gasteiger partial charge in [-0.1, -0.05) is 0 Å². The molecule has 2 heterocycles. The van der Waals surface area contributed by atoms with Gasteiger partial charge in [0.25, 0.3) is 0 Å². The van der Waals surface area contributed by atoms with Crippen molar-refractivity contribution in [2.24, 2.45) is 0 Å². The first-order valence-electron chi connectivity index (χ1n) is 7.97. The number of aliphatic hydroxyl groups excluding tert-OH is 1. The molecule has 0 saturated carbocycles. The Labute approximate surface area is 136 Å². The summed E-state index contributed by atoms with van der Waals surface area (Å²) < 4.78 is 22.7. The van der Waals surface area contributed by atoms with E-state index in [1.165, 1.54) is 14.2 Å². The molecule has 23 heavy (non-hydrogen) atoms. The van der Waals surface area contributed by atoms with Gasteiger partial charge < -0.3 is 34.7 Å². The lowest BCUT2D eigenvalue weighted by Crippen LogP contribution is -2.67. The molecular formula is C15H28N2O6. The first-order chi connectivity index (χ1) is 10.9. The van der Waals surface area contributed by atoms with E-state index in [1.54, 1.807) is 13.8 Å². The predicted molar refractivity (Wildman–Crippen MR) is 81.7 cm³/mol. The number of carbonyl (C=O) groups excluding carboxylic acids is 1. The minimum Gasteiger partial charge on any atom is -0.394 e. The van der Waals surface area contributed by atoms with E-state index in [1.807, 2.05) is 0 Å². The number of rotatable bonds is 6. The third-order valence-electron chi connectivity index (χ3n) is 4.81. The van der Waals surface area contributed by atoms with E-state index in [4.69, 9.17) is 18.9 Å². The normalized spacial score (nSPS) is 41.0. The Balaban J connectivity index is 2.01. The minimum absolute atomic E-state index is 0.0676. The Morgan fingerprint density at radius 3 is 2.35 bits per heavy atom. The quantitative estimate of drug-likeness (QED) is 0.595. The van der Waals surface area contributed by atoms with Crippen molar-refractivity contribution in [1.82, 2.24) is 10.6 Å². The van der Waals surface area contributed by atoms with E-state index in [0.717, 1.165) is 19.4 Å². The number of methoxy groups -OCH3 is 2. The third kappa shape index (κ3) is 3.67. The number of amides is 1. The van der Waals surface area contributed by atoms with Gasteiger partial charge in [0.05, 0.1) is 12.6 Å². The topological polar surface area (TPSA) is 98.3 Å². The summed E-state index contributed by atoms with van der Waals surface area (Å²) in [5.74, 6) is -2.39. The standard InChI is InChI=1S/C15H28N2O6/c1-14(20-3)15(2,21-4)23-12(9-18)11(22-14)8-17-13(19)10-6-5-7-16-10/h10-12,16,18H,5-9H2,1-4H3,(H,17,19)/t10-,11-,12+,14+,15+/m0/s1. The molecule has 2 aliphatic rings. The molecule has 0 aromatic rings. The maximum absolute atomic E-state index is 12.1. The van der Waals surface area contributed by atoms with Crippen LogP contribution in [0.5, 0.6) is 0 Å². The summed E-state index contributed by atoms with van der Waals surface area (Å²) >= 11 is 0. The summed E-state index contributed by atoms with van der Waals surface area (Å²) in [5.41, 5.74) is 0. The van der Waals surface area contributed by atoms with Gasteiger partial charge in [0.2, 0.25) is 17.5 Å². The van der Waals surface area contributed by atoms with E-state index in [9.17, 15) is 9.90 Å². The number of aliphatic hydroxyl groups is 1. The fourth-order valence-corrected chi connectivity index (χ4v) is 2.97. The van der Waals surface area contributed by atoms with E-state index in [-0.39, 0.29) is 25.1 Å². The molecule has 2 rings (SSSR count). The zero-order valence-electron chi connectivity index (χ0n) is 14.3. The lowest BCUT2D eigenvalue weighted by molar-refractivity contribution is -0.448. The molecule has 2 fully saturated rings. The van der Waals surface area contributed by atoms with Gasteiger partial charge in [-0.15, -0.1) is 0 Å². The highest BCUT2D eigenvalue weighted by Gasteiger charge is 2.56. The molecule has 0 bridgehead atoms. The van der Waals surface area contributed by atoms with Gasteiger partial charge in [-0.2, -0.15) is 0 Å². The molecule has 5 atom stereocenters. The van der Waals surface area contributed by atoms with Crippen LogP contribution in [0, 0.1) is 0 Å². The maximum Gasteiger partial charge on any atom is 0.237 e. The Bertz CT molecular complexity index is 417. The van der Waals surface area contributed by atoms with Crippen LogP contribution < -0.4 is 10.6 Å². The highest BCUT2D eigenvalue weighted by Crippen LogP contribution is 2.38. The van der Waals surface area contributed by atoms with Crippen molar-refractivity contribution in [2.75, 3.05) is 33.9 Å². The number of hydrogen-bond acceptors (Lipinski definition) is 7. The van der Waals surface area contributed by atoms with E-state index >= 15 is 0 Å². The zero-order chi connectivity index (χ0) is 17.1. The highest BCUT2D eigenvalue weighted by molar-refractivity contribution is 5.82. The van der Waals surface area contributed by atoms with Crippen molar-refractivity contribution >= 4 is 5.91 Å². The van der Waals surface area contributed by atoms with Gasteiger partial charge >= 0.3 is 0 Å². The molecule has 0 aliphatic carbocycles. The molecule has 1 amide bonds. The molecule has 0 aromatic carbocycles. The second-order valence-corrected chi connectivity index (χ2v) is 6.19. The summed E-state index contributed by atoms with van der Waals surface area (Å²) in [7, 11) is 2.99. The predicted octanol–water partition coefficient (Wildman–Crippen LogP) is -0.644. The van der Waals surface area contributed by atoms with Gasteiger partial charge in [-0.25, -0.2) is 0 Å². The van der Waals surface area contributed by atoms with Crippen LogP contribution in [0.3, 0.4) is 0 Å². The van der Waals surface area contributed by atoms with Crippen molar-refractivity contribution in [3.8, 4) is 0 Å². The first-order valence-corrected chi connectivity index (χ1v) is 7.97. The van der Waals surface area contributed by atoms with Gasteiger partial charge in [-0.05, 0) is 33.2 Å². The zero-order valence-corrected chi connectivity index (χ0v) is 14.3. The number of hydrogen-bond donors (Lipinski definition) is 3. The lowest BCUT2D eigenvalue weighted by atomic mass is 10.0.